The van der Waals surface area contributed by atoms with E-state index in [1.165, 1.54) is 0 Å². The van der Waals surface area contributed by atoms with Crippen molar-refractivity contribution in [2.24, 2.45) is 7.05 Å². The molecule has 2 aromatic rings. The highest BCUT2D eigenvalue weighted by molar-refractivity contribution is 9.10. The van der Waals surface area contributed by atoms with Crippen LogP contribution in [0.25, 0.3) is 0 Å². The van der Waals surface area contributed by atoms with E-state index in [1.807, 2.05) is 25.1 Å². The van der Waals surface area contributed by atoms with Crippen molar-refractivity contribution in [1.82, 2.24) is 4.57 Å². The molecule has 0 aliphatic heterocycles. The second-order valence-electron chi connectivity index (χ2n) is 4.07. The quantitative estimate of drug-likeness (QED) is 0.888. The maximum absolute atomic E-state index is 12.0. The highest BCUT2D eigenvalue weighted by Crippen LogP contribution is 2.21. The number of carbonyl (C=O) groups is 1. The highest BCUT2D eigenvalue weighted by Gasteiger charge is 2.11. The number of aryl methyl sites for hydroxylation is 2. The van der Waals surface area contributed by atoms with Crippen LogP contribution in [0.15, 0.2) is 34.9 Å². The van der Waals surface area contributed by atoms with Gasteiger partial charge in [0.2, 0.25) is 0 Å². The molecule has 0 spiro atoms. The van der Waals surface area contributed by atoms with Crippen molar-refractivity contribution in [2.75, 3.05) is 5.32 Å². The Labute approximate surface area is 119 Å². The number of nitrogens with zero attached hydrogens (tertiary/aromatic N) is 1. The van der Waals surface area contributed by atoms with E-state index in [1.54, 1.807) is 23.9 Å². The molecule has 0 aliphatic rings. The lowest BCUT2D eigenvalue weighted by molar-refractivity contribution is 0.101. The minimum atomic E-state index is -0.175. The lowest BCUT2D eigenvalue weighted by atomic mass is 10.2. The van der Waals surface area contributed by atoms with Gasteiger partial charge in [0.1, 0.15) is 5.69 Å². The molecule has 5 heteroatoms. The molecule has 3 nitrogen and oxygen atoms in total. The third kappa shape index (κ3) is 2.76. The second kappa shape index (κ2) is 5.16. The van der Waals surface area contributed by atoms with Crippen molar-refractivity contribution in [3.05, 3.63) is 51.2 Å². The van der Waals surface area contributed by atoms with Crippen LogP contribution in [-0.2, 0) is 7.05 Å². The summed E-state index contributed by atoms with van der Waals surface area (Å²) < 4.78 is 2.71. The Kier molecular flexibility index (Phi) is 3.78. The summed E-state index contributed by atoms with van der Waals surface area (Å²) in [5.74, 6) is -0.175. The fraction of sp³-hybridized carbons (Fsp3) is 0.154. The van der Waals surface area contributed by atoms with E-state index in [-0.39, 0.29) is 5.91 Å². The minimum Gasteiger partial charge on any atom is -0.345 e. The number of benzene rings is 1. The van der Waals surface area contributed by atoms with Crippen LogP contribution < -0.4 is 5.32 Å². The molecule has 0 aliphatic carbocycles. The molecular weight excluding hydrogens is 316 g/mol. The summed E-state index contributed by atoms with van der Waals surface area (Å²) >= 11 is 9.27. The second-order valence-corrected chi connectivity index (χ2v) is 5.36. The van der Waals surface area contributed by atoms with Crippen molar-refractivity contribution >= 4 is 39.1 Å². The van der Waals surface area contributed by atoms with E-state index in [9.17, 15) is 4.79 Å². The summed E-state index contributed by atoms with van der Waals surface area (Å²) in [6, 6.07) is 7.30. The monoisotopic (exact) mass is 326 g/mol. The van der Waals surface area contributed by atoms with Crippen LogP contribution in [-0.4, -0.2) is 10.5 Å². The molecule has 1 aromatic heterocycles. The van der Waals surface area contributed by atoms with Gasteiger partial charge in [0, 0.05) is 23.4 Å². The maximum atomic E-state index is 12.0. The van der Waals surface area contributed by atoms with Gasteiger partial charge >= 0.3 is 0 Å². The van der Waals surface area contributed by atoms with Crippen LogP contribution in [0.4, 0.5) is 5.69 Å². The van der Waals surface area contributed by atoms with Crippen molar-refractivity contribution < 1.29 is 4.79 Å². The molecule has 0 saturated heterocycles. The standard InChI is InChI=1S/C13H12BrClN2O/c1-8-5-10(3-4-11(8)14)16-13(18)12-6-9(15)7-17(12)2/h3-7H,1-2H3,(H,16,18). The fourth-order valence-electron chi connectivity index (χ4n) is 1.67. The van der Waals surface area contributed by atoms with Crippen LogP contribution in [0.2, 0.25) is 5.02 Å². The molecule has 1 aromatic carbocycles. The number of carbonyl (C=O) groups excluding carboxylic acids is 1. The van der Waals surface area contributed by atoms with Crippen LogP contribution >= 0.6 is 27.5 Å². The average molecular weight is 328 g/mol. The molecule has 0 fully saturated rings. The first-order chi connectivity index (χ1) is 8.47. The van der Waals surface area contributed by atoms with E-state index < -0.39 is 0 Å². The first-order valence-electron chi connectivity index (χ1n) is 5.37. The summed E-state index contributed by atoms with van der Waals surface area (Å²) in [5.41, 5.74) is 2.36. The maximum Gasteiger partial charge on any atom is 0.272 e. The Morgan fingerprint density at radius 2 is 2.11 bits per heavy atom. The molecule has 2 rings (SSSR count). The van der Waals surface area contributed by atoms with E-state index in [0.29, 0.717) is 10.7 Å². The van der Waals surface area contributed by atoms with Crippen LogP contribution in [0.1, 0.15) is 16.1 Å². The summed E-state index contributed by atoms with van der Waals surface area (Å²) in [7, 11) is 1.79. The van der Waals surface area contributed by atoms with Gasteiger partial charge in [-0.3, -0.25) is 4.79 Å². The Hall–Kier alpha value is -1.26. The molecule has 0 atom stereocenters. The Morgan fingerprint density at radius 1 is 1.39 bits per heavy atom. The average Bonchev–Trinajstić information content (AvgIpc) is 2.63. The third-order valence-corrected chi connectivity index (χ3v) is 3.72. The molecular formula is C13H12BrClN2O. The molecule has 0 bridgehead atoms. The number of aromatic nitrogens is 1. The summed E-state index contributed by atoms with van der Waals surface area (Å²) in [4.78, 5) is 12.0. The fourth-order valence-corrected chi connectivity index (χ4v) is 2.16. The first kappa shape index (κ1) is 13.2. The van der Waals surface area contributed by atoms with Crippen molar-refractivity contribution in [3.8, 4) is 0 Å². The van der Waals surface area contributed by atoms with Crippen molar-refractivity contribution in [1.29, 1.82) is 0 Å². The zero-order valence-corrected chi connectivity index (χ0v) is 12.3. The lowest BCUT2D eigenvalue weighted by Gasteiger charge is -2.07. The van der Waals surface area contributed by atoms with Gasteiger partial charge in [-0.05, 0) is 36.8 Å². The van der Waals surface area contributed by atoms with E-state index in [2.05, 4.69) is 21.2 Å². The smallest absolute Gasteiger partial charge is 0.272 e. The molecule has 0 unspecified atom stereocenters. The molecule has 1 heterocycles. The van der Waals surface area contributed by atoms with Gasteiger partial charge in [0.15, 0.2) is 0 Å². The molecule has 18 heavy (non-hydrogen) atoms. The minimum absolute atomic E-state index is 0.175. The van der Waals surface area contributed by atoms with E-state index in [0.717, 1.165) is 15.7 Å². The number of amides is 1. The lowest BCUT2D eigenvalue weighted by Crippen LogP contribution is -2.15. The van der Waals surface area contributed by atoms with E-state index >= 15 is 0 Å². The van der Waals surface area contributed by atoms with E-state index in [4.69, 9.17) is 11.6 Å². The summed E-state index contributed by atoms with van der Waals surface area (Å²) in [6.45, 7) is 1.97. The molecule has 0 radical (unpaired) electrons. The van der Waals surface area contributed by atoms with Gasteiger partial charge in [-0.25, -0.2) is 0 Å². The molecule has 0 saturated carbocycles. The van der Waals surface area contributed by atoms with Gasteiger partial charge in [0.05, 0.1) is 5.02 Å². The SMILES string of the molecule is Cc1cc(NC(=O)c2cc(Cl)cn2C)ccc1Br. The topological polar surface area (TPSA) is 34.0 Å². The normalized spacial score (nSPS) is 10.4. The number of hydrogen-bond donors (Lipinski definition) is 1. The van der Waals surface area contributed by atoms with Crippen LogP contribution in [0, 0.1) is 6.92 Å². The van der Waals surface area contributed by atoms with Gasteiger partial charge in [-0.15, -0.1) is 0 Å². The van der Waals surface area contributed by atoms with Gasteiger partial charge in [-0.2, -0.15) is 0 Å². The number of halogens is 2. The molecule has 1 N–H and O–H groups in total. The summed E-state index contributed by atoms with van der Waals surface area (Å²) in [6.07, 6.45) is 1.70. The Bertz CT molecular complexity index is 607. The largest absolute Gasteiger partial charge is 0.345 e. The zero-order valence-electron chi connectivity index (χ0n) is 10.00. The third-order valence-electron chi connectivity index (χ3n) is 2.62. The van der Waals surface area contributed by atoms with Crippen molar-refractivity contribution in [3.63, 3.8) is 0 Å². The highest BCUT2D eigenvalue weighted by atomic mass is 79.9. The predicted octanol–water partition coefficient (Wildman–Crippen LogP) is 4.00. The van der Waals surface area contributed by atoms with Crippen LogP contribution in [0.3, 0.4) is 0 Å². The van der Waals surface area contributed by atoms with Gasteiger partial charge in [-0.1, -0.05) is 27.5 Å². The predicted molar refractivity (Wildman–Crippen MR) is 77.3 cm³/mol. The van der Waals surface area contributed by atoms with Crippen LogP contribution in [0.5, 0.6) is 0 Å². The first-order valence-corrected chi connectivity index (χ1v) is 6.54. The number of nitrogens with one attached hydrogen (secondary N) is 1. The number of hydrogen-bond acceptors (Lipinski definition) is 1. The van der Waals surface area contributed by atoms with Crippen molar-refractivity contribution in [2.45, 2.75) is 6.92 Å². The zero-order chi connectivity index (χ0) is 13.3. The van der Waals surface area contributed by atoms with Gasteiger partial charge in [0.25, 0.3) is 5.91 Å². The summed E-state index contributed by atoms with van der Waals surface area (Å²) in [5, 5.41) is 3.39. The van der Waals surface area contributed by atoms with Gasteiger partial charge < -0.3 is 9.88 Å². The Balaban J connectivity index is 2.21. The molecule has 1 amide bonds. The molecule has 94 valence electrons. The number of rotatable bonds is 2. The Morgan fingerprint density at radius 3 is 2.67 bits per heavy atom. The number of anilines is 1.